The number of hydrazone groups is 1. The molecule has 4 aromatic rings. The highest BCUT2D eigenvalue weighted by Crippen LogP contribution is 2.31. The summed E-state index contributed by atoms with van der Waals surface area (Å²) in [5.41, 5.74) is 4.42. The molecule has 0 fully saturated rings. The normalized spacial score (nSPS) is 11.2. The first kappa shape index (κ1) is 19.0. The number of rotatable bonds is 4. The Morgan fingerprint density at radius 2 is 1.69 bits per heavy atom. The molecule has 1 heterocycles. The summed E-state index contributed by atoms with van der Waals surface area (Å²) in [6.07, 6.45) is 1.39. The van der Waals surface area contributed by atoms with Crippen molar-refractivity contribution in [3.05, 3.63) is 76.3 Å². The lowest BCUT2D eigenvalue weighted by molar-refractivity contribution is 0.474. The molecule has 144 valence electrons. The van der Waals surface area contributed by atoms with E-state index in [0.29, 0.717) is 33.3 Å². The lowest BCUT2D eigenvalue weighted by Crippen LogP contribution is -1.99. The SMILES string of the molecule is Oc1ccccc1-c1nc(N/N=C/c2cc(Cl)cc(Cl)c2O)c2ccccc2n1. The third kappa shape index (κ3) is 3.94. The van der Waals surface area contributed by atoms with Gasteiger partial charge in [0, 0.05) is 16.0 Å². The number of aromatic nitrogens is 2. The molecular weight excluding hydrogens is 411 g/mol. The van der Waals surface area contributed by atoms with Crippen LogP contribution in [0.1, 0.15) is 5.56 Å². The highest BCUT2D eigenvalue weighted by Gasteiger charge is 2.12. The fourth-order valence-electron chi connectivity index (χ4n) is 2.79. The number of halogens is 2. The van der Waals surface area contributed by atoms with Crippen LogP contribution in [0.5, 0.6) is 11.5 Å². The maximum Gasteiger partial charge on any atom is 0.165 e. The molecule has 1 aromatic heterocycles. The summed E-state index contributed by atoms with van der Waals surface area (Å²) in [5.74, 6) is 0.755. The number of benzene rings is 3. The summed E-state index contributed by atoms with van der Waals surface area (Å²) in [4.78, 5) is 9.04. The average Bonchev–Trinajstić information content (AvgIpc) is 2.71. The minimum Gasteiger partial charge on any atom is -0.507 e. The summed E-state index contributed by atoms with van der Waals surface area (Å²) in [6, 6.07) is 17.2. The van der Waals surface area contributed by atoms with Crippen molar-refractivity contribution in [1.29, 1.82) is 0 Å². The highest BCUT2D eigenvalue weighted by atomic mass is 35.5. The first-order chi connectivity index (χ1) is 14.0. The van der Waals surface area contributed by atoms with E-state index < -0.39 is 0 Å². The van der Waals surface area contributed by atoms with E-state index in [1.54, 1.807) is 30.3 Å². The van der Waals surface area contributed by atoms with Gasteiger partial charge in [-0.05, 0) is 36.4 Å². The van der Waals surface area contributed by atoms with Crippen molar-refractivity contribution in [1.82, 2.24) is 9.97 Å². The molecule has 8 heteroatoms. The Hall–Kier alpha value is -3.35. The van der Waals surface area contributed by atoms with Gasteiger partial charge in [-0.15, -0.1) is 0 Å². The van der Waals surface area contributed by atoms with Gasteiger partial charge in [0.15, 0.2) is 11.6 Å². The minimum absolute atomic E-state index is 0.0794. The van der Waals surface area contributed by atoms with Gasteiger partial charge in [0.05, 0.1) is 22.3 Å². The Morgan fingerprint density at radius 1 is 0.931 bits per heavy atom. The van der Waals surface area contributed by atoms with Crippen molar-refractivity contribution in [2.75, 3.05) is 5.43 Å². The van der Waals surface area contributed by atoms with Gasteiger partial charge in [0.25, 0.3) is 0 Å². The number of hydrogen-bond acceptors (Lipinski definition) is 6. The van der Waals surface area contributed by atoms with Crippen molar-refractivity contribution >= 4 is 46.1 Å². The van der Waals surface area contributed by atoms with Crippen LogP contribution in [0, 0.1) is 0 Å². The molecule has 0 aliphatic rings. The van der Waals surface area contributed by atoms with Crippen LogP contribution in [0.25, 0.3) is 22.3 Å². The maximum absolute atomic E-state index is 10.2. The molecule has 0 radical (unpaired) electrons. The summed E-state index contributed by atoms with van der Waals surface area (Å²) in [6.45, 7) is 0. The zero-order valence-corrected chi connectivity index (χ0v) is 16.4. The van der Waals surface area contributed by atoms with Gasteiger partial charge in [-0.25, -0.2) is 9.97 Å². The number of anilines is 1. The second-order valence-corrected chi connectivity index (χ2v) is 6.97. The highest BCUT2D eigenvalue weighted by molar-refractivity contribution is 6.36. The summed E-state index contributed by atoms with van der Waals surface area (Å²) < 4.78 is 0. The van der Waals surface area contributed by atoms with E-state index in [0.717, 1.165) is 5.39 Å². The zero-order chi connectivity index (χ0) is 20.4. The van der Waals surface area contributed by atoms with Crippen molar-refractivity contribution in [3.63, 3.8) is 0 Å². The predicted molar refractivity (Wildman–Crippen MR) is 116 cm³/mol. The van der Waals surface area contributed by atoms with Crippen molar-refractivity contribution in [2.45, 2.75) is 0 Å². The Morgan fingerprint density at radius 3 is 2.52 bits per heavy atom. The molecule has 3 N–H and O–H groups in total. The molecule has 6 nitrogen and oxygen atoms in total. The van der Waals surface area contributed by atoms with Gasteiger partial charge in [0.1, 0.15) is 11.5 Å². The largest absolute Gasteiger partial charge is 0.507 e. The number of phenolic OH excluding ortho intramolecular Hbond substituents is 2. The van der Waals surface area contributed by atoms with E-state index in [1.807, 2.05) is 24.3 Å². The first-order valence-corrected chi connectivity index (χ1v) is 9.31. The van der Waals surface area contributed by atoms with E-state index in [9.17, 15) is 10.2 Å². The number of fused-ring (bicyclic) bond motifs is 1. The molecule has 0 atom stereocenters. The molecule has 0 spiro atoms. The van der Waals surface area contributed by atoms with E-state index in [1.165, 1.54) is 12.3 Å². The van der Waals surface area contributed by atoms with Crippen LogP contribution in [-0.2, 0) is 0 Å². The van der Waals surface area contributed by atoms with Gasteiger partial charge >= 0.3 is 0 Å². The second kappa shape index (κ2) is 7.95. The molecule has 0 saturated heterocycles. The quantitative estimate of drug-likeness (QED) is 0.298. The van der Waals surface area contributed by atoms with Gasteiger partial charge in [-0.3, -0.25) is 5.43 Å². The molecule has 0 aliphatic carbocycles. The number of nitrogens with zero attached hydrogens (tertiary/aromatic N) is 3. The smallest absolute Gasteiger partial charge is 0.165 e. The third-order valence-corrected chi connectivity index (χ3v) is 4.69. The topological polar surface area (TPSA) is 90.6 Å². The van der Waals surface area contributed by atoms with Crippen molar-refractivity contribution < 1.29 is 10.2 Å². The molecule has 0 bridgehead atoms. The molecule has 0 saturated carbocycles. The Kier molecular flexibility index (Phi) is 5.20. The number of hydrogen-bond donors (Lipinski definition) is 3. The van der Waals surface area contributed by atoms with E-state index in [4.69, 9.17) is 23.2 Å². The maximum atomic E-state index is 10.2. The molecule has 0 amide bonds. The van der Waals surface area contributed by atoms with Gasteiger partial charge in [-0.1, -0.05) is 47.5 Å². The first-order valence-electron chi connectivity index (χ1n) is 8.55. The van der Waals surface area contributed by atoms with E-state index in [-0.39, 0.29) is 16.5 Å². The van der Waals surface area contributed by atoms with Gasteiger partial charge in [0.2, 0.25) is 0 Å². The lowest BCUT2D eigenvalue weighted by Gasteiger charge is -2.09. The molecule has 3 aromatic carbocycles. The van der Waals surface area contributed by atoms with E-state index >= 15 is 0 Å². The number of aromatic hydroxyl groups is 2. The summed E-state index contributed by atoms with van der Waals surface area (Å²) in [7, 11) is 0. The van der Waals surface area contributed by atoms with Crippen molar-refractivity contribution in [3.8, 4) is 22.9 Å². The molecule has 29 heavy (non-hydrogen) atoms. The molecule has 0 aliphatic heterocycles. The fourth-order valence-corrected chi connectivity index (χ4v) is 3.30. The van der Waals surface area contributed by atoms with Crippen molar-refractivity contribution in [2.24, 2.45) is 5.10 Å². The van der Waals surface area contributed by atoms with Crippen LogP contribution >= 0.6 is 23.2 Å². The lowest BCUT2D eigenvalue weighted by atomic mass is 10.1. The average molecular weight is 425 g/mol. The Balaban J connectivity index is 1.75. The number of para-hydroxylation sites is 2. The van der Waals surface area contributed by atoms with Crippen LogP contribution in [0.15, 0.2) is 65.8 Å². The minimum atomic E-state index is -0.121. The standard InChI is InChI=1S/C21H14Cl2N4O2/c22-13-9-12(19(29)16(23)10-13)11-24-27-21-14-5-1-3-7-17(14)25-20(26-21)15-6-2-4-8-18(15)28/h1-11,28-29H,(H,25,26,27)/b24-11+. The number of phenols is 2. The van der Waals surface area contributed by atoms with Crippen LogP contribution in [0.2, 0.25) is 10.0 Å². The van der Waals surface area contributed by atoms with Crippen LogP contribution in [0.3, 0.4) is 0 Å². The molecular formula is C21H14Cl2N4O2. The Bertz CT molecular complexity index is 1240. The van der Waals surface area contributed by atoms with Crippen LogP contribution in [0.4, 0.5) is 5.82 Å². The monoisotopic (exact) mass is 424 g/mol. The molecule has 0 unspecified atom stereocenters. The predicted octanol–water partition coefficient (Wildman–Crippen LogP) is 5.46. The zero-order valence-electron chi connectivity index (χ0n) is 14.8. The molecule has 4 rings (SSSR count). The summed E-state index contributed by atoms with van der Waals surface area (Å²) in [5, 5.41) is 25.6. The van der Waals surface area contributed by atoms with E-state index in [2.05, 4.69) is 20.5 Å². The van der Waals surface area contributed by atoms with Gasteiger partial charge in [-0.2, -0.15) is 5.10 Å². The number of nitrogens with one attached hydrogen (secondary N) is 1. The Labute approximate surface area is 176 Å². The van der Waals surface area contributed by atoms with Gasteiger partial charge < -0.3 is 10.2 Å². The third-order valence-electron chi connectivity index (χ3n) is 4.18. The van der Waals surface area contributed by atoms with Crippen LogP contribution in [-0.4, -0.2) is 26.4 Å². The second-order valence-electron chi connectivity index (χ2n) is 6.13. The van der Waals surface area contributed by atoms with Crippen LogP contribution < -0.4 is 5.43 Å². The fraction of sp³-hybridized carbons (Fsp3) is 0. The summed E-state index contributed by atoms with van der Waals surface area (Å²) >= 11 is 11.9.